The molecule has 0 bridgehead atoms. The summed E-state index contributed by atoms with van der Waals surface area (Å²) in [5.74, 6) is -14.6. The summed E-state index contributed by atoms with van der Waals surface area (Å²) in [6, 6.07) is -13.7. The molecule has 19 N–H and O–H groups in total. The van der Waals surface area contributed by atoms with Crippen LogP contribution < -0.4 is 65.5 Å². The molecule has 404 valence electrons. The van der Waals surface area contributed by atoms with Crippen LogP contribution in [-0.4, -0.2) is 166 Å². The number of amides is 10. The molecule has 11 atom stereocenters. The molecule has 0 saturated heterocycles. The molecule has 0 fully saturated rings. The molecule has 0 aliphatic rings. The Morgan fingerprint density at radius 2 is 0.887 bits per heavy atom. The topological polar surface area (TPSA) is 466 Å². The van der Waals surface area contributed by atoms with Gasteiger partial charge in [0.1, 0.15) is 48.3 Å². The van der Waals surface area contributed by atoms with Crippen molar-refractivity contribution >= 4 is 82.8 Å². The molecule has 10 amide bonds. The predicted molar refractivity (Wildman–Crippen MR) is 258 cm³/mol. The Hall–Kier alpha value is -6.13. The fourth-order valence-electron chi connectivity index (χ4n) is 6.48. The first kappa shape index (κ1) is 64.9. The number of rotatable bonds is 36. The predicted octanol–water partition coefficient (Wildman–Crippen LogP) is -4.88. The minimum atomic E-state index is -1.86. The van der Waals surface area contributed by atoms with Gasteiger partial charge in [-0.25, -0.2) is 4.79 Å². The van der Waals surface area contributed by atoms with Gasteiger partial charge in [-0.05, 0) is 62.0 Å². The van der Waals surface area contributed by atoms with Crippen LogP contribution in [0.25, 0.3) is 0 Å². The molecule has 0 aromatic carbocycles. The molecule has 0 aliphatic heterocycles. The SMILES string of the molecule is CC[C@H](C)[C@H](NC(=O)[C@H](CO)NC(=O)[C@H](CC(N)=O)NC(=O)[C@@H](N)C(C)C)C(=O)N[C@H](C(=O)N[C@@H](CC(=O)O)C(=O)N[C@@H](CCCCN)C(=O)N[C@@H](CCSC)C(=O)N[C@@H](CC(N)=O)C(=O)O)[C@@H](C)CC. The first-order chi connectivity index (χ1) is 33.2. The quantitative estimate of drug-likeness (QED) is 0.0262. The zero-order valence-corrected chi connectivity index (χ0v) is 42.2. The van der Waals surface area contributed by atoms with Crippen molar-refractivity contribution in [3.05, 3.63) is 0 Å². The van der Waals surface area contributed by atoms with Gasteiger partial charge in [0.25, 0.3) is 0 Å². The largest absolute Gasteiger partial charge is 0.481 e. The Balaban J connectivity index is 6.63. The Kier molecular flexibility index (Phi) is 30.6. The van der Waals surface area contributed by atoms with Gasteiger partial charge < -0.3 is 80.8 Å². The van der Waals surface area contributed by atoms with Gasteiger partial charge in [-0.1, -0.05) is 54.4 Å². The average Bonchev–Trinajstić information content (AvgIpc) is 3.29. The van der Waals surface area contributed by atoms with E-state index < -0.39 is 163 Å². The van der Waals surface area contributed by atoms with E-state index in [1.165, 1.54) is 11.8 Å². The van der Waals surface area contributed by atoms with Gasteiger partial charge in [-0.15, -0.1) is 0 Å². The van der Waals surface area contributed by atoms with Crippen LogP contribution >= 0.6 is 11.8 Å². The third kappa shape index (κ3) is 24.0. The Bertz CT molecular complexity index is 1860. The van der Waals surface area contributed by atoms with E-state index in [2.05, 4.69) is 42.5 Å². The lowest BCUT2D eigenvalue weighted by Gasteiger charge is -2.31. The Morgan fingerprint density at radius 1 is 0.507 bits per heavy atom. The smallest absolute Gasteiger partial charge is 0.326 e. The van der Waals surface area contributed by atoms with Crippen molar-refractivity contribution in [2.24, 2.45) is 40.7 Å². The van der Waals surface area contributed by atoms with E-state index in [1.54, 1.807) is 47.8 Å². The maximum absolute atomic E-state index is 14.0. The standard InChI is InChI=1S/C43H76N12O15S/c1-8-21(5)33(55-42(68)34(22(6)9-2)54-39(65)28(19-56)53-37(63)25(16-29(45)57)50-40(66)32(47)20(3)4)41(67)51-26(18-31(59)60)38(64)48-23(12-10-11-14-44)35(61)49-24(13-15-71-7)36(62)52-27(43(69)70)17-30(46)58/h20-28,32-34,56H,8-19,44,47H2,1-7H3,(H2,45,57)(H2,46,58)(H,48,64)(H,49,61)(H,50,66)(H,51,67)(H,52,62)(H,53,63)(H,54,65)(H,55,68)(H,59,60)(H,69,70)/t21-,22-,23-,24-,25-,26-,27-,28-,32-,33-,34-/m0/s1. The van der Waals surface area contributed by atoms with Gasteiger partial charge in [0.05, 0.1) is 31.9 Å². The highest BCUT2D eigenvalue weighted by atomic mass is 32.2. The van der Waals surface area contributed by atoms with Crippen molar-refractivity contribution in [3.63, 3.8) is 0 Å². The summed E-state index contributed by atoms with van der Waals surface area (Å²) in [4.78, 5) is 155. The molecule has 0 heterocycles. The van der Waals surface area contributed by atoms with Crippen molar-refractivity contribution in [2.45, 2.75) is 154 Å². The number of carboxylic acids is 2. The van der Waals surface area contributed by atoms with Crippen LogP contribution in [0.5, 0.6) is 0 Å². The number of nitrogens with two attached hydrogens (primary N) is 4. The van der Waals surface area contributed by atoms with Crippen molar-refractivity contribution in [3.8, 4) is 0 Å². The van der Waals surface area contributed by atoms with E-state index in [-0.39, 0.29) is 44.6 Å². The zero-order chi connectivity index (χ0) is 54.7. The number of carboxylic acid groups (broad SMARTS) is 2. The number of aliphatic carboxylic acids is 2. The van der Waals surface area contributed by atoms with Crippen molar-refractivity contribution in [1.29, 1.82) is 0 Å². The second-order valence-corrected chi connectivity index (χ2v) is 18.4. The molecule has 0 radical (unpaired) electrons. The normalized spacial score (nSPS) is 15.8. The van der Waals surface area contributed by atoms with Gasteiger partial charge in [0.2, 0.25) is 59.1 Å². The number of thioether (sulfide) groups is 1. The molecule has 71 heavy (non-hydrogen) atoms. The minimum Gasteiger partial charge on any atom is -0.481 e. The zero-order valence-electron chi connectivity index (χ0n) is 41.4. The van der Waals surface area contributed by atoms with Crippen LogP contribution in [0.3, 0.4) is 0 Å². The summed E-state index contributed by atoms with van der Waals surface area (Å²) < 4.78 is 0. The highest BCUT2D eigenvalue weighted by Gasteiger charge is 2.38. The number of primary amides is 2. The highest BCUT2D eigenvalue weighted by Crippen LogP contribution is 2.14. The van der Waals surface area contributed by atoms with Gasteiger partial charge in [-0.2, -0.15) is 11.8 Å². The van der Waals surface area contributed by atoms with E-state index in [9.17, 15) is 72.9 Å². The third-order valence-electron chi connectivity index (χ3n) is 11.3. The number of aliphatic hydroxyl groups is 1. The lowest BCUT2D eigenvalue weighted by Crippen LogP contribution is -2.62. The maximum atomic E-state index is 14.0. The molecule has 28 heteroatoms. The number of nitrogens with one attached hydrogen (secondary N) is 8. The lowest BCUT2D eigenvalue weighted by atomic mass is 9.94. The minimum absolute atomic E-state index is 0.0278. The molecule has 0 aromatic heterocycles. The summed E-state index contributed by atoms with van der Waals surface area (Å²) in [5, 5.41) is 48.4. The molecular formula is C43H76N12O15S. The van der Waals surface area contributed by atoms with Gasteiger partial charge in [-0.3, -0.25) is 52.7 Å². The number of unbranched alkanes of at least 4 members (excludes halogenated alkanes) is 1. The van der Waals surface area contributed by atoms with E-state index in [0.29, 0.717) is 12.2 Å². The number of hydrogen-bond donors (Lipinski definition) is 15. The molecular weight excluding hydrogens is 957 g/mol. The van der Waals surface area contributed by atoms with Crippen LogP contribution in [0.1, 0.15) is 99.3 Å². The number of carbonyl (C=O) groups is 12. The van der Waals surface area contributed by atoms with Gasteiger partial charge in [0, 0.05) is 0 Å². The molecule has 0 rings (SSSR count). The van der Waals surface area contributed by atoms with Crippen LogP contribution in [0.15, 0.2) is 0 Å². The van der Waals surface area contributed by atoms with E-state index in [4.69, 9.17) is 22.9 Å². The van der Waals surface area contributed by atoms with E-state index in [0.717, 1.165) is 0 Å². The summed E-state index contributed by atoms with van der Waals surface area (Å²) in [6.45, 7) is 8.94. The van der Waals surface area contributed by atoms with Crippen molar-refractivity contribution < 1.29 is 72.9 Å². The fourth-order valence-corrected chi connectivity index (χ4v) is 6.95. The Labute approximate surface area is 416 Å². The van der Waals surface area contributed by atoms with Gasteiger partial charge >= 0.3 is 11.9 Å². The van der Waals surface area contributed by atoms with Crippen LogP contribution in [0.4, 0.5) is 0 Å². The van der Waals surface area contributed by atoms with Gasteiger partial charge in [0.15, 0.2) is 0 Å². The Morgan fingerprint density at radius 3 is 1.31 bits per heavy atom. The van der Waals surface area contributed by atoms with Crippen molar-refractivity contribution in [1.82, 2.24) is 42.5 Å². The van der Waals surface area contributed by atoms with E-state index >= 15 is 0 Å². The second kappa shape index (κ2) is 33.5. The molecule has 27 nitrogen and oxygen atoms in total. The average molecular weight is 1030 g/mol. The monoisotopic (exact) mass is 1030 g/mol. The van der Waals surface area contributed by atoms with Crippen LogP contribution in [0.2, 0.25) is 0 Å². The summed E-state index contributed by atoms with van der Waals surface area (Å²) in [6.07, 6.45) is 0.243. The summed E-state index contributed by atoms with van der Waals surface area (Å²) in [5.41, 5.74) is 21.9. The summed E-state index contributed by atoms with van der Waals surface area (Å²) in [7, 11) is 0. The van der Waals surface area contributed by atoms with Crippen molar-refractivity contribution in [2.75, 3.05) is 25.2 Å². The number of hydrogen-bond acceptors (Lipinski definition) is 16. The molecule has 0 spiro atoms. The van der Waals surface area contributed by atoms with Crippen LogP contribution in [-0.2, 0) is 57.5 Å². The molecule has 0 unspecified atom stereocenters. The first-order valence-corrected chi connectivity index (χ1v) is 24.6. The fraction of sp³-hybridized carbons (Fsp3) is 0.721. The third-order valence-corrected chi connectivity index (χ3v) is 12.0. The lowest BCUT2D eigenvalue weighted by molar-refractivity contribution is -0.143. The number of aliphatic hydroxyl groups excluding tert-OH is 1. The first-order valence-electron chi connectivity index (χ1n) is 23.2. The van der Waals surface area contributed by atoms with Crippen LogP contribution in [0, 0.1) is 17.8 Å². The molecule has 0 saturated carbocycles. The molecule has 0 aromatic rings. The second-order valence-electron chi connectivity index (χ2n) is 17.4. The summed E-state index contributed by atoms with van der Waals surface area (Å²) >= 11 is 1.29. The maximum Gasteiger partial charge on any atom is 0.326 e. The number of carbonyl (C=O) groups excluding carboxylic acids is 10. The molecule has 0 aliphatic carbocycles. The van der Waals surface area contributed by atoms with E-state index in [1.807, 2.05) is 0 Å². The highest BCUT2D eigenvalue weighted by molar-refractivity contribution is 7.98.